The van der Waals surface area contributed by atoms with Crippen LogP contribution >= 0.6 is 0 Å². The Hall–Kier alpha value is -1.19. The monoisotopic (exact) mass is 95.0 g/mol. The number of aromatic nitrogens is 3. The molecule has 0 atom stereocenters. The summed E-state index contributed by atoms with van der Waals surface area (Å²) in [5.74, 6) is 0. The standard InChI is InChI=1S/C3H3N4/c4-3-1-5-7-6-2-3/h1H,(H2,4,7). The molecule has 1 aromatic heterocycles. The van der Waals surface area contributed by atoms with Crippen molar-refractivity contribution in [2.24, 2.45) is 0 Å². The molecule has 1 radical (unpaired) electrons. The summed E-state index contributed by atoms with van der Waals surface area (Å²) in [5, 5.41) is 9.85. The SMILES string of the molecule is Nc1[c]nnnc1. The first-order valence-electron chi connectivity index (χ1n) is 1.71. The lowest BCUT2D eigenvalue weighted by Gasteiger charge is -1.79. The second kappa shape index (κ2) is 1.51. The van der Waals surface area contributed by atoms with Crippen LogP contribution in [0.3, 0.4) is 0 Å². The van der Waals surface area contributed by atoms with Gasteiger partial charge in [-0.2, -0.15) is 0 Å². The molecule has 0 aliphatic heterocycles. The van der Waals surface area contributed by atoms with Gasteiger partial charge in [-0.25, -0.2) is 0 Å². The quantitative estimate of drug-likeness (QED) is 0.460. The molecule has 1 heterocycles. The lowest BCUT2D eigenvalue weighted by atomic mass is 10.6. The van der Waals surface area contributed by atoms with Crippen molar-refractivity contribution in [3.05, 3.63) is 12.4 Å². The fraction of sp³-hybridized carbons (Fsp3) is 0. The van der Waals surface area contributed by atoms with Crippen LogP contribution < -0.4 is 5.73 Å². The van der Waals surface area contributed by atoms with E-state index in [4.69, 9.17) is 5.73 Å². The Morgan fingerprint density at radius 1 is 1.71 bits per heavy atom. The van der Waals surface area contributed by atoms with Crippen molar-refractivity contribution in [3.63, 3.8) is 0 Å². The fourth-order valence-corrected chi connectivity index (χ4v) is 0.223. The molecule has 1 aromatic rings. The van der Waals surface area contributed by atoms with Gasteiger partial charge in [-0.1, -0.05) is 0 Å². The zero-order valence-electron chi connectivity index (χ0n) is 3.50. The minimum atomic E-state index is 0.412. The molecule has 35 valence electrons. The second-order valence-corrected chi connectivity index (χ2v) is 1.00. The average Bonchev–Trinajstić information content (AvgIpc) is 1.69. The highest BCUT2D eigenvalue weighted by Crippen LogP contribution is 1.85. The lowest BCUT2D eigenvalue weighted by Crippen LogP contribution is -1.90. The molecule has 4 nitrogen and oxygen atoms in total. The van der Waals surface area contributed by atoms with E-state index in [1.807, 2.05) is 0 Å². The van der Waals surface area contributed by atoms with Gasteiger partial charge in [0.05, 0.1) is 11.9 Å². The number of nitrogens with two attached hydrogens (primary N) is 1. The minimum absolute atomic E-state index is 0.412. The largest absolute Gasteiger partial charge is 0.396 e. The van der Waals surface area contributed by atoms with E-state index in [0.29, 0.717) is 5.69 Å². The van der Waals surface area contributed by atoms with E-state index in [-0.39, 0.29) is 0 Å². The Morgan fingerprint density at radius 3 is 2.86 bits per heavy atom. The molecule has 0 saturated heterocycles. The van der Waals surface area contributed by atoms with Crippen LogP contribution in [0.25, 0.3) is 0 Å². The Morgan fingerprint density at radius 2 is 2.57 bits per heavy atom. The van der Waals surface area contributed by atoms with Crippen molar-refractivity contribution in [1.82, 2.24) is 15.4 Å². The van der Waals surface area contributed by atoms with Gasteiger partial charge in [0.25, 0.3) is 0 Å². The van der Waals surface area contributed by atoms with Gasteiger partial charge >= 0.3 is 0 Å². The van der Waals surface area contributed by atoms with Gasteiger partial charge in [0.1, 0.15) is 6.20 Å². The number of rotatable bonds is 0. The van der Waals surface area contributed by atoms with E-state index in [1.54, 1.807) is 0 Å². The summed E-state index contributed by atoms with van der Waals surface area (Å²) in [6, 6.07) is 0. The molecule has 2 N–H and O–H groups in total. The first-order chi connectivity index (χ1) is 3.39. The lowest BCUT2D eigenvalue weighted by molar-refractivity contribution is 0.863. The zero-order valence-corrected chi connectivity index (χ0v) is 3.50. The van der Waals surface area contributed by atoms with Gasteiger partial charge in [0.15, 0.2) is 0 Å². The number of hydrogen-bond donors (Lipinski definition) is 1. The van der Waals surface area contributed by atoms with Crippen LogP contribution in [0.15, 0.2) is 6.20 Å². The topological polar surface area (TPSA) is 64.7 Å². The number of nitrogens with zero attached hydrogens (tertiary/aromatic N) is 3. The maximum Gasteiger partial charge on any atom is 0.142 e. The highest BCUT2D eigenvalue weighted by molar-refractivity contribution is 5.26. The van der Waals surface area contributed by atoms with Crippen LogP contribution in [0.2, 0.25) is 0 Å². The van der Waals surface area contributed by atoms with E-state index < -0.39 is 0 Å². The minimum Gasteiger partial charge on any atom is -0.396 e. The molecule has 0 aliphatic rings. The van der Waals surface area contributed by atoms with E-state index in [1.165, 1.54) is 6.20 Å². The van der Waals surface area contributed by atoms with Crippen LogP contribution in [-0.4, -0.2) is 15.4 Å². The maximum atomic E-state index is 5.14. The van der Waals surface area contributed by atoms with Crippen molar-refractivity contribution < 1.29 is 0 Å². The third-order valence-corrected chi connectivity index (χ3v) is 0.472. The van der Waals surface area contributed by atoms with E-state index in [9.17, 15) is 0 Å². The molecule has 0 bridgehead atoms. The van der Waals surface area contributed by atoms with E-state index in [2.05, 4.69) is 21.6 Å². The fourth-order valence-electron chi connectivity index (χ4n) is 0.223. The van der Waals surface area contributed by atoms with Crippen molar-refractivity contribution in [2.45, 2.75) is 0 Å². The Kier molecular flexibility index (Phi) is 0.856. The van der Waals surface area contributed by atoms with E-state index in [0.717, 1.165) is 0 Å². The Labute approximate surface area is 40.4 Å². The molecule has 0 unspecified atom stereocenters. The first kappa shape index (κ1) is 3.98. The van der Waals surface area contributed by atoms with Gasteiger partial charge < -0.3 is 5.73 Å². The summed E-state index contributed by atoms with van der Waals surface area (Å²) < 4.78 is 0. The van der Waals surface area contributed by atoms with Crippen LogP contribution in [-0.2, 0) is 0 Å². The van der Waals surface area contributed by atoms with Crippen molar-refractivity contribution in [2.75, 3.05) is 5.73 Å². The summed E-state index contributed by atoms with van der Waals surface area (Å²) in [6.45, 7) is 0. The number of anilines is 1. The van der Waals surface area contributed by atoms with E-state index >= 15 is 0 Å². The van der Waals surface area contributed by atoms with Crippen LogP contribution in [0.4, 0.5) is 5.69 Å². The van der Waals surface area contributed by atoms with Crippen LogP contribution in [0.5, 0.6) is 0 Å². The highest BCUT2D eigenvalue weighted by Gasteiger charge is 1.77. The van der Waals surface area contributed by atoms with Gasteiger partial charge in [-0.05, 0) is 5.21 Å². The Bertz CT molecular complexity index is 137. The third-order valence-electron chi connectivity index (χ3n) is 0.472. The maximum absolute atomic E-state index is 5.14. The van der Waals surface area contributed by atoms with Crippen molar-refractivity contribution in [3.8, 4) is 0 Å². The summed E-state index contributed by atoms with van der Waals surface area (Å²) in [6.07, 6.45) is 3.77. The van der Waals surface area contributed by atoms with Crippen LogP contribution in [0.1, 0.15) is 0 Å². The predicted octanol–water partition coefficient (Wildman–Crippen LogP) is -0.746. The number of nitrogen functional groups attached to an aromatic ring is 1. The average molecular weight is 95.1 g/mol. The first-order valence-corrected chi connectivity index (χ1v) is 1.71. The summed E-state index contributed by atoms with van der Waals surface area (Å²) in [4.78, 5) is 0. The van der Waals surface area contributed by atoms with Gasteiger partial charge in [-0.3, -0.25) is 0 Å². The molecule has 0 amide bonds. The smallest absolute Gasteiger partial charge is 0.142 e. The van der Waals surface area contributed by atoms with Crippen molar-refractivity contribution >= 4 is 5.69 Å². The molecule has 1 rings (SSSR count). The Balaban J connectivity index is 3.02. The van der Waals surface area contributed by atoms with Gasteiger partial charge in [0.2, 0.25) is 0 Å². The van der Waals surface area contributed by atoms with Gasteiger partial charge in [-0.15, -0.1) is 10.2 Å². The molecule has 7 heavy (non-hydrogen) atoms. The van der Waals surface area contributed by atoms with Crippen LogP contribution in [0, 0.1) is 6.20 Å². The molecule has 0 fully saturated rings. The predicted molar refractivity (Wildman–Crippen MR) is 23.1 cm³/mol. The molecule has 0 spiro atoms. The molecular formula is C3H3N4. The summed E-state index contributed by atoms with van der Waals surface area (Å²) >= 11 is 0. The summed E-state index contributed by atoms with van der Waals surface area (Å²) in [5.41, 5.74) is 5.55. The number of hydrogen-bond acceptors (Lipinski definition) is 4. The molecule has 0 aliphatic carbocycles. The van der Waals surface area contributed by atoms with Gasteiger partial charge in [0, 0.05) is 0 Å². The molecule has 4 heteroatoms. The highest BCUT2D eigenvalue weighted by atomic mass is 15.3. The molecule has 0 aromatic carbocycles. The zero-order chi connectivity index (χ0) is 5.11. The third kappa shape index (κ3) is 0.819. The molecule has 0 saturated carbocycles. The second-order valence-electron chi connectivity index (χ2n) is 1.00. The van der Waals surface area contributed by atoms with Crippen molar-refractivity contribution in [1.29, 1.82) is 0 Å². The molecular weight excluding hydrogens is 92.1 g/mol. The normalized spacial score (nSPS) is 8.57. The summed E-state index contributed by atoms with van der Waals surface area (Å²) in [7, 11) is 0.